The van der Waals surface area contributed by atoms with Crippen molar-refractivity contribution in [2.24, 2.45) is 0 Å². The number of furan rings is 1. The van der Waals surface area contributed by atoms with Gasteiger partial charge >= 0.3 is 6.03 Å². The highest BCUT2D eigenvalue weighted by Crippen LogP contribution is 2.14. The van der Waals surface area contributed by atoms with E-state index >= 15 is 0 Å². The lowest BCUT2D eigenvalue weighted by Gasteiger charge is -2.10. The molecule has 3 amide bonds. The third-order valence-corrected chi connectivity index (χ3v) is 2.99. The highest BCUT2D eigenvalue weighted by Gasteiger charge is 2.04. The minimum Gasteiger partial charge on any atom is -0.462 e. The van der Waals surface area contributed by atoms with E-state index in [1.54, 1.807) is 36.4 Å². The smallest absolute Gasteiger partial charge is 0.319 e. The Bertz CT molecular complexity index is 730. The lowest BCUT2D eigenvalue weighted by atomic mass is 10.2. The van der Waals surface area contributed by atoms with E-state index in [-0.39, 0.29) is 18.0 Å². The van der Waals surface area contributed by atoms with Gasteiger partial charge in [-0.1, -0.05) is 0 Å². The normalized spacial score (nSPS) is 10.8. The van der Waals surface area contributed by atoms with Gasteiger partial charge in [-0.2, -0.15) is 0 Å². The van der Waals surface area contributed by atoms with Crippen molar-refractivity contribution in [3.63, 3.8) is 0 Å². The fourth-order valence-corrected chi connectivity index (χ4v) is 1.95. The van der Waals surface area contributed by atoms with Gasteiger partial charge in [0.05, 0.1) is 0 Å². The Labute approximate surface area is 140 Å². The van der Waals surface area contributed by atoms with Gasteiger partial charge in [0.2, 0.25) is 5.91 Å². The Morgan fingerprint density at radius 2 is 1.62 bits per heavy atom. The summed E-state index contributed by atoms with van der Waals surface area (Å²) in [6.07, 6.45) is 3.01. The average Bonchev–Trinajstić information content (AvgIpc) is 2.92. The summed E-state index contributed by atoms with van der Waals surface area (Å²) in [5.74, 6) is 1.15. The van der Waals surface area contributed by atoms with Crippen molar-refractivity contribution in [3.8, 4) is 0 Å². The second kappa shape index (κ2) is 8.01. The SMILES string of the molecule is Cc1ccc(/C=C/C(=O)Nc2ccc(NC(=O)NC(C)C)cc2)o1. The molecule has 0 spiro atoms. The van der Waals surface area contributed by atoms with Crippen LogP contribution in [-0.2, 0) is 4.79 Å². The summed E-state index contributed by atoms with van der Waals surface area (Å²) in [5, 5.41) is 8.18. The van der Waals surface area contributed by atoms with Gasteiger partial charge in [0.1, 0.15) is 11.5 Å². The zero-order chi connectivity index (χ0) is 17.5. The van der Waals surface area contributed by atoms with Crippen molar-refractivity contribution < 1.29 is 14.0 Å². The molecule has 1 aromatic heterocycles. The molecule has 0 saturated carbocycles. The van der Waals surface area contributed by atoms with Crippen molar-refractivity contribution in [2.75, 3.05) is 10.6 Å². The number of carbonyl (C=O) groups excluding carboxylic acids is 2. The van der Waals surface area contributed by atoms with Gasteiger partial charge in [0, 0.05) is 23.5 Å². The van der Waals surface area contributed by atoms with Crippen LogP contribution >= 0.6 is 0 Å². The molecule has 6 heteroatoms. The van der Waals surface area contributed by atoms with Gasteiger partial charge in [-0.25, -0.2) is 4.79 Å². The Hall–Kier alpha value is -3.02. The first-order valence-electron chi connectivity index (χ1n) is 7.65. The quantitative estimate of drug-likeness (QED) is 0.731. The molecule has 0 aliphatic carbocycles. The third kappa shape index (κ3) is 5.64. The molecule has 0 aliphatic heterocycles. The largest absolute Gasteiger partial charge is 0.462 e. The van der Waals surface area contributed by atoms with Crippen molar-refractivity contribution in [1.82, 2.24) is 5.32 Å². The fourth-order valence-electron chi connectivity index (χ4n) is 1.95. The Kier molecular flexibility index (Phi) is 5.78. The predicted octanol–water partition coefficient (Wildman–Crippen LogP) is 3.77. The van der Waals surface area contributed by atoms with Crippen LogP contribution in [0.4, 0.5) is 16.2 Å². The lowest BCUT2D eigenvalue weighted by Crippen LogP contribution is -2.34. The number of rotatable bonds is 5. The third-order valence-electron chi connectivity index (χ3n) is 2.99. The molecule has 24 heavy (non-hydrogen) atoms. The zero-order valence-electron chi connectivity index (χ0n) is 13.9. The van der Waals surface area contributed by atoms with Gasteiger partial charge in [-0.3, -0.25) is 4.79 Å². The Morgan fingerprint density at radius 3 is 2.17 bits per heavy atom. The number of hydrogen-bond acceptors (Lipinski definition) is 3. The van der Waals surface area contributed by atoms with Gasteiger partial charge in [0.15, 0.2) is 0 Å². The summed E-state index contributed by atoms with van der Waals surface area (Å²) in [7, 11) is 0. The molecule has 0 radical (unpaired) electrons. The predicted molar refractivity (Wildman–Crippen MR) is 94.8 cm³/mol. The van der Waals surface area contributed by atoms with Crippen LogP contribution in [0.3, 0.4) is 0 Å². The first kappa shape index (κ1) is 17.3. The van der Waals surface area contributed by atoms with Crippen molar-refractivity contribution in [3.05, 3.63) is 54.0 Å². The van der Waals surface area contributed by atoms with Crippen LogP contribution in [0.15, 0.2) is 46.9 Å². The maximum absolute atomic E-state index is 11.9. The maximum Gasteiger partial charge on any atom is 0.319 e. The monoisotopic (exact) mass is 327 g/mol. The minimum atomic E-state index is -0.265. The van der Waals surface area contributed by atoms with Crippen LogP contribution in [-0.4, -0.2) is 18.0 Å². The number of nitrogens with one attached hydrogen (secondary N) is 3. The molecule has 1 aromatic carbocycles. The summed E-state index contributed by atoms with van der Waals surface area (Å²) in [6, 6.07) is 10.3. The number of aryl methyl sites for hydroxylation is 1. The molecule has 0 saturated heterocycles. The van der Waals surface area contributed by atoms with E-state index in [0.29, 0.717) is 17.1 Å². The van der Waals surface area contributed by atoms with Crippen LogP contribution in [0.5, 0.6) is 0 Å². The van der Waals surface area contributed by atoms with E-state index in [1.165, 1.54) is 6.08 Å². The minimum absolute atomic E-state index is 0.0632. The molecule has 2 rings (SSSR count). The van der Waals surface area contributed by atoms with Crippen LogP contribution in [0.25, 0.3) is 6.08 Å². The van der Waals surface area contributed by atoms with Crippen molar-refractivity contribution in [1.29, 1.82) is 0 Å². The summed E-state index contributed by atoms with van der Waals surface area (Å²) in [6.45, 7) is 5.61. The first-order valence-corrected chi connectivity index (χ1v) is 7.65. The van der Waals surface area contributed by atoms with E-state index in [9.17, 15) is 9.59 Å². The number of benzene rings is 1. The molecule has 0 aliphatic rings. The Balaban J connectivity index is 1.87. The standard InChI is InChI=1S/C18H21N3O3/c1-12(2)19-18(23)21-15-7-5-14(6-8-15)20-17(22)11-10-16-9-4-13(3)24-16/h4-12H,1-3H3,(H,20,22)(H2,19,21,23)/b11-10+. The van der Waals surface area contributed by atoms with Crippen molar-refractivity contribution >= 4 is 29.4 Å². The summed E-state index contributed by atoms with van der Waals surface area (Å²) in [4.78, 5) is 23.5. The maximum atomic E-state index is 11.9. The average molecular weight is 327 g/mol. The van der Waals surface area contributed by atoms with E-state index < -0.39 is 0 Å². The second-order valence-electron chi connectivity index (χ2n) is 5.60. The van der Waals surface area contributed by atoms with Crippen LogP contribution in [0.2, 0.25) is 0 Å². The molecule has 0 atom stereocenters. The van der Waals surface area contributed by atoms with E-state index in [0.717, 1.165) is 5.76 Å². The second-order valence-corrected chi connectivity index (χ2v) is 5.60. The highest BCUT2D eigenvalue weighted by atomic mass is 16.3. The van der Waals surface area contributed by atoms with Crippen LogP contribution < -0.4 is 16.0 Å². The van der Waals surface area contributed by atoms with Crippen molar-refractivity contribution in [2.45, 2.75) is 26.8 Å². The number of amides is 3. The van der Waals surface area contributed by atoms with Gasteiger partial charge in [-0.05, 0) is 63.2 Å². The summed E-state index contributed by atoms with van der Waals surface area (Å²) in [5.41, 5.74) is 1.28. The molecule has 0 fully saturated rings. The Morgan fingerprint density at radius 1 is 1.00 bits per heavy atom. The molecule has 0 unspecified atom stereocenters. The van der Waals surface area contributed by atoms with Gasteiger partial charge in [0.25, 0.3) is 0 Å². The molecule has 2 aromatic rings. The van der Waals surface area contributed by atoms with E-state index in [1.807, 2.05) is 26.8 Å². The van der Waals surface area contributed by atoms with Gasteiger partial charge < -0.3 is 20.4 Å². The molecular weight excluding hydrogens is 306 g/mol. The summed E-state index contributed by atoms with van der Waals surface area (Å²) < 4.78 is 5.35. The number of carbonyl (C=O) groups is 2. The molecule has 3 N–H and O–H groups in total. The van der Waals surface area contributed by atoms with Crippen LogP contribution in [0, 0.1) is 6.92 Å². The fraction of sp³-hybridized carbons (Fsp3) is 0.222. The number of anilines is 2. The zero-order valence-corrected chi connectivity index (χ0v) is 13.9. The molecule has 1 heterocycles. The lowest BCUT2D eigenvalue weighted by molar-refractivity contribution is -0.111. The highest BCUT2D eigenvalue weighted by molar-refractivity contribution is 6.02. The molecular formula is C18H21N3O3. The van der Waals surface area contributed by atoms with E-state index in [4.69, 9.17) is 4.42 Å². The molecule has 126 valence electrons. The number of hydrogen-bond donors (Lipinski definition) is 3. The van der Waals surface area contributed by atoms with Gasteiger partial charge in [-0.15, -0.1) is 0 Å². The summed E-state index contributed by atoms with van der Waals surface area (Å²) >= 11 is 0. The van der Waals surface area contributed by atoms with E-state index in [2.05, 4.69) is 16.0 Å². The topological polar surface area (TPSA) is 83.4 Å². The van der Waals surface area contributed by atoms with Crippen LogP contribution in [0.1, 0.15) is 25.4 Å². The molecule has 6 nitrogen and oxygen atoms in total. The first-order chi connectivity index (χ1) is 11.4. The number of urea groups is 1. The molecule has 0 bridgehead atoms.